The van der Waals surface area contributed by atoms with E-state index < -0.39 is 5.97 Å². The molecule has 3 N–H and O–H groups in total. The summed E-state index contributed by atoms with van der Waals surface area (Å²) < 4.78 is 19.0. The molecule has 0 saturated heterocycles. The van der Waals surface area contributed by atoms with Crippen molar-refractivity contribution in [1.29, 1.82) is 0 Å². The van der Waals surface area contributed by atoms with E-state index in [0.29, 0.717) is 18.9 Å². The SMILES string of the molecule is CCN(CC(=O)O)C1CC(NC(=O)NC2CCCOc3cc(F)ccc32)C1. The molecule has 0 spiro atoms. The quantitative estimate of drug-likeness (QED) is 0.705. The van der Waals surface area contributed by atoms with Crippen molar-refractivity contribution in [2.45, 2.75) is 50.7 Å². The monoisotopic (exact) mass is 379 g/mol. The Bertz CT molecular complexity index is 694. The third-order valence-electron chi connectivity index (χ3n) is 5.26. The number of ether oxygens (including phenoxy) is 1. The minimum Gasteiger partial charge on any atom is -0.493 e. The molecule has 1 atom stereocenters. The van der Waals surface area contributed by atoms with Gasteiger partial charge in [0, 0.05) is 23.7 Å². The van der Waals surface area contributed by atoms with Crippen molar-refractivity contribution in [1.82, 2.24) is 15.5 Å². The highest BCUT2D eigenvalue weighted by Crippen LogP contribution is 2.32. The molecule has 1 aromatic rings. The second kappa shape index (κ2) is 8.56. The maximum atomic E-state index is 13.4. The first-order valence-electron chi connectivity index (χ1n) is 9.41. The Morgan fingerprint density at radius 1 is 1.33 bits per heavy atom. The van der Waals surface area contributed by atoms with Crippen LogP contribution in [0, 0.1) is 5.82 Å². The van der Waals surface area contributed by atoms with Crippen LogP contribution in [0.1, 0.15) is 44.2 Å². The topological polar surface area (TPSA) is 90.9 Å². The first-order valence-corrected chi connectivity index (χ1v) is 9.41. The fraction of sp³-hybridized carbons (Fsp3) is 0.579. The molecular weight excluding hydrogens is 353 g/mol. The summed E-state index contributed by atoms with van der Waals surface area (Å²) in [5.74, 6) is -0.716. The number of nitrogens with zero attached hydrogens (tertiary/aromatic N) is 1. The number of carboxylic acid groups (broad SMARTS) is 1. The summed E-state index contributed by atoms with van der Waals surface area (Å²) in [7, 11) is 0. The highest BCUT2D eigenvalue weighted by Gasteiger charge is 2.35. The van der Waals surface area contributed by atoms with Crippen LogP contribution in [0.25, 0.3) is 0 Å². The standard InChI is InChI=1S/C19H26FN3O4/c1-2-23(11-18(24)25)14-9-13(10-14)21-19(26)22-16-4-3-7-27-17-8-12(20)5-6-15(16)17/h5-6,8,13-14,16H,2-4,7,9-11H2,1H3,(H,24,25)(H2,21,22,26). The van der Waals surface area contributed by atoms with Gasteiger partial charge in [-0.05, 0) is 38.3 Å². The summed E-state index contributed by atoms with van der Waals surface area (Å²) in [5, 5.41) is 14.9. The van der Waals surface area contributed by atoms with Crippen LogP contribution >= 0.6 is 0 Å². The molecule has 2 amide bonds. The van der Waals surface area contributed by atoms with Crippen LogP contribution < -0.4 is 15.4 Å². The number of carbonyl (C=O) groups is 2. The number of aliphatic carboxylic acids is 1. The Labute approximate surface area is 157 Å². The van der Waals surface area contributed by atoms with Gasteiger partial charge in [-0.2, -0.15) is 0 Å². The van der Waals surface area contributed by atoms with Crippen LogP contribution in [0.3, 0.4) is 0 Å². The van der Waals surface area contributed by atoms with Gasteiger partial charge < -0.3 is 20.5 Å². The van der Waals surface area contributed by atoms with E-state index in [1.165, 1.54) is 12.1 Å². The van der Waals surface area contributed by atoms with Gasteiger partial charge in [0.05, 0.1) is 19.2 Å². The summed E-state index contributed by atoms with van der Waals surface area (Å²) in [5.41, 5.74) is 0.786. The van der Waals surface area contributed by atoms with Crippen LogP contribution in [0.5, 0.6) is 5.75 Å². The molecule has 1 fully saturated rings. The summed E-state index contributed by atoms with van der Waals surface area (Å²) >= 11 is 0. The Hall–Kier alpha value is -2.35. The molecule has 0 bridgehead atoms. The van der Waals surface area contributed by atoms with E-state index in [0.717, 1.165) is 31.2 Å². The summed E-state index contributed by atoms with van der Waals surface area (Å²) in [6, 6.07) is 4.12. The number of hydrogen-bond donors (Lipinski definition) is 3. The lowest BCUT2D eigenvalue weighted by Gasteiger charge is -2.42. The zero-order valence-corrected chi connectivity index (χ0v) is 15.4. The number of carboxylic acids is 1. The molecule has 3 rings (SSSR count). The van der Waals surface area contributed by atoms with Crippen molar-refractivity contribution in [3.05, 3.63) is 29.6 Å². The van der Waals surface area contributed by atoms with E-state index in [9.17, 15) is 14.0 Å². The van der Waals surface area contributed by atoms with E-state index >= 15 is 0 Å². The van der Waals surface area contributed by atoms with Gasteiger partial charge in [0.15, 0.2) is 0 Å². The van der Waals surface area contributed by atoms with Crippen LogP contribution in [-0.2, 0) is 4.79 Å². The molecule has 148 valence electrons. The van der Waals surface area contributed by atoms with E-state index in [4.69, 9.17) is 9.84 Å². The molecule has 1 saturated carbocycles. The van der Waals surface area contributed by atoms with Gasteiger partial charge >= 0.3 is 12.0 Å². The predicted molar refractivity (Wildman–Crippen MR) is 97.2 cm³/mol. The van der Waals surface area contributed by atoms with Crippen LogP contribution in [0.4, 0.5) is 9.18 Å². The van der Waals surface area contributed by atoms with Crippen molar-refractivity contribution in [2.75, 3.05) is 19.7 Å². The molecule has 1 unspecified atom stereocenters. The van der Waals surface area contributed by atoms with Crippen molar-refractivity contribution < 1.29 is 23.8 Å². The van der Waals surface area contributed by atoms with Crippen LogP contribution in [0.15, 0.2) is 18.2 Å². The second-order valence-corrected chi connectivity index (χ2v) is 7.12. The van der Waals surface area contributed by atoms with Gasteiger partial charge in [0.2, 0.25) is 0 Å². The van der Waals surface area contributed by atoms with E-state index in [1.54, 1.807) is 6.07 Å². The van der Waals surface area contributed by atoms with Gasteiger partial charge in [-0.25, -0.2) is 9.18 Å². The molecular formula is C19H26FN3O4. The normalized spacial score (nSPS) is 24.2. The fourth-order valence-corrected chi connectivity index (χ4v) is 3.76. The lowest BCUT2D eigenvalue weighted by atomic mass is 9.85. The van der Waals surface area contributed by atoms with Crippen LogP contribution in [0.2, 0.25) is 0 Å². The largest absolute Gasteiger partial charge is 0.493 e. The zero-order valence-electron chi connectivity index (χ0n) is 15.4. The highest BCUT2D eigenvalue weighted by molar-refractivity contribution is 5.75. The number of amides is 2. The Morgan fingerprint density at radius 3 is 2.81 bits per heavy atom. The molecule has 0 radical (unpaired) electrons. The molecule has 1 aromatic carbocycles. The number of halogens is 1. The number of nitrogens with one attached hydrogen (secondary N) is 2. The Morgan fingerprint density at radius 2 is 2.11 bits per heavy atom. The minimum atomic E-state index is -0.836. The first-order chi connectivity index (χ1) is 13.0. The molecule has 1 aliphatic carbocycles. The maximum absolute atomic E-state index is 13.4. The van der Waals surface area contributed by atoms with Gasteiger partial charge in [-0.3, -0.25) is 9.69 Å². The molecule has 0 aromatic heterocycles. The predicted octanol–water partition coefficient (Wildman–Crippen LogP) is 2.28. The zero-order chi connectivity index (χ0) is 19.4. The number of benzene rings is 1. The summed E-state index contributed by atoms with van der Waals surface area (Å²) in [4.78, 5) is 25.2. The average Bonchev–Trinajstić information content (AvgIpc) is 2.77. The first kappa shape index (κ1) is 19.4. The van der Waals surface area contributed by atoms with Crippen molar-refractivity contribution >= 4 is 12.0 Å². The van der Waals surface area contributed by atoms with Crippen molar-refractivity contribution in [3.8, 4) is 5.75 Å². The third-order valence-corrected chi connectivity index (χ3v) is 5.26. The number of carbonyl (C=O) groups excluding carboxylic acids is 1. The van der Waals surface area contributed by atoms with Gasteiger partial charge in [0.1, 0.15) is 11.6 Å². The second-order valence-electron chi connectivity index (χ2n) is 7.12. The fourth-order valence-electron chi connectivity index (χ4n) is 3.76. The summed E-state index contributed by atoms with van der Waals surface area (Å²) in [6.45, 7) is 3.13. The van der Waals surface area contributed by atoms with Crippen molar-refractivity contribution in [3.63, 3.8) is 0 Å². The molecule has 2 aliphatic rings. The van der Waals surface area contributed by atoms with Gasteiger partial charge in [-0.1, -0.05) is 13.0 Å². The third kappa shape index (κ3) is 4.88. The number of rotatable bonds is 6. The number of hydrogen-bond acceptors (Lipinski definition) is 4. The highest BCUT2D eigenvalue weighted by atomic mass is 19.1. The Kier molecular flexibility index (Phi) is 6.15. The number of urea groups is 1. The maximum Gasteiger partial charge on any atom is 0.317 e. The van der Waals surface area contributed by atoms with Gasteiger partial charge in [0.25, 0.3) is 0 Å². The Balaban J connectivity index is 1.51. The minimum absolute atomic E-state index is 0.0233. The number of fused-ring (bicyclic) bond motifs is 1. The van der Waals surface area contributed by atoms with Crippen molar-refractivity contribution in [2.24, 2.45) is 0 Å². The molecule has 1 aliphatic heterocycles. The molecule has 27 heavy (non-hydrogen) atoms. The lowest BCUT2D eigenvalue weighted by molar-refractivity contribution is -0.139. The molecule has 8 heteroatoms. The lowest BCUT2D eigenvalue weighted by Crippen LogP contribution is -2.56. The summed E-state index contributed by atoms with van der Waals surface area (Å²) in [6.07, 6.45) is 2.98. The van der Waals surface area contributed by atoms with E-state index in [2.05, 4.69) is 10.6 Å². The average molecular weight is 379 g/mol. The smallest absolute Gasteiger partial charge is 0.317 e. The number of likely N-dealkylation sites (N-methyl/N-ethyl adjacent to an activating group) is 1. The van der Waals surface area contributed by atoms with E-state index in [-0.39, 0.29) is 36.5 Å². The van der Waals surface area contributed by atoms with E-state index in [1.807, 2.05) is 11.8 Å². The molecule has 7 nitrogen and oxygen atoms in total. The van der Waals surface area contributed by atoms with Crippen LogP contribution in [-0.4, -0.2) is 53.8 Å². The van der Waals surface area contributed by atoms with Gasteiger partial charge in [-0.15, -0.1) is 0 Å². The molecule has 1 heterocycles.